The summed E-state index contributed by atoms with van der Waals surface area (Å²) < 4.78 is 11.0. The van der Waals surface area contributed by atoms with Gasteiger partial charge in [-0.15, -0.1) is 0 Å². The van der Waals surface area contributed by atoms with Crippen LogP contribution < -0.4 is 14.8 Å². The molecule has 21 heavy (non-hydrogen) atoms. The highest BCUT2D eigenvalue weighted by Gasteiger charge is 2.09. The fourth-order valence-corrected chi connectivity index (χ4v) is 2.04. The first-order valence-corrected chi connectivity index (χ1v) is 7.01. The Morgan fingerprint density at radius 3 is 2.67 bits per heavy atom. The minimum absolute atomic E-state index is 0.617. The van der Waals surface area contributed by atoms with Crippen LogP contribution in [0.5, 0.6) is 11.5 Å². The van der Waals surface area contributed by atoms with Gasteiger partial charge in [-0.3, -0.25) is 9.97 Å². The van der Waals surface area contributed by atoms with Crippen molar-refractivity contribution in [1.29, 1.82) is 0 Å². The van der Waals surface area contributed by atoms with Crippen LogP contribution in [-0.4, -0.2) is 23.7 Å². The van der Waals surface area contributed by atoms with Gasteiger partial charge in [-0.05, 0) is 19.9 Å². The standard InChI is InChI=1S/C16H21N3O2/c1-4-21-15-7-5-6-13(16(15)20-3)9-17-10-14-11-18-12(2)8-19-14/h5-8,11,17H,4,9-10H2,1-3H3. The van der Waals surface area contributed by atoms with Crippen LogP contribution in [0.2, 0.25) is 0 Å². The van der Waals surface area contributed by atoms with Gasteiger partial charge in [0.25, 0.3) is 0 Å². The van der Waals surface area contributed by atoms with E-state index in [2.05, 4.69) is 15.3 Å². The molecule has 1 aromatic carbocycles. The van der Waals surface area contributed by atoms with Crippen LogP contribution in [0.3, 0.4) is 0 Å². The lowest BCUT2D eigenvalue weighted by Gasteiger charge is -2.14. The zero-order valence-corrected chi connectivity index (χ0v) is 12.7. The third-order valence-corrected chi connectivity index (χ3v) is 3.02. The fourth-order valence-electron chi connectivity index (χ4n) is 2.04. The summed E-state index contributed by atoms with van der Waals surface area (Å²) in [5.74, 6) is 1.55. The highest BCUT2D eigenvalue weighted by molar-refractivity contribution is 5.46. The summed E-state index contributed by atoms with van der Waals surface area (Å²) in [5.41, 5.74) is 2.90. The summed E-state index contributed by atoms with van der Waals surface area (Å²) >= 11 is 0. The molecule has 0 amide bonds. The van der Waals surface area contributed by atoms with Crippen LogP contribution in [-0.2, 0) is 13.1 Å². The molecule has 0 atom stereocenters. The van der Waals surface area contributed by atoms with Crippen molar-refractivity contribution in [2.24, 2.45) is 0 Å². The van der Waals surface area contributed by atoms with Crippen molar-refractivity contribution in [3.8, 4) is 11.5 Å². The van der Waals surface area contributed by atoms with E-state index in [4.69, 9.17) is 9.47 Å². The van der Waals surface area contributed by atoms with Crippen LogP contribution in [0.4, 0.5) is 0 Å². The van der Waals surface area contributed by atoms with Crippen LogP contribution in [0.1, 0.15) is 23.9 Å². The summed E-state index contributed by atoms with van der Waals surface area (Å²) in [6.45, 7) is 5.84. The molecular formula is C16H21N3O2. The second-order valence-corrected chi connectivity index (χ2v) is 4.63. The molecule has 0 aliphatic carbocycles. The Balaban J connectivity index is 1.99. The first-order chi connectivity index (χ1) is 10.2. The smallest absolute Gasteiger partial charge is 0.165 e. The molecule has 0 fully saturated rings. The number of rotatable bonds is 7. The zero-order chi connectivity index (χ0) is 15.1. The van der Waals surface area contributed by atoms with E-state index in [0.717, 1.165) is 28.5 Å². The Hall–Kier alpha value is -2.14. The Kier molecular flexibility index (Phi) is 5.51. The van der Waals surface area contributed by atoms with Crippen molar-refractivity contribution in [3.05, 3.63) is 47.5 Å². The van der Waals surface area contributed by atoms with Crippen molar-refractivity contribution >= 4 is 0 Å². The van der Waals surface area contributed by atoms with E-state index in [0.29, 0.717) is 19.7 Å². The van der Waals surface area contributed by atoms with E-state index < -0.39 is 0 Å². The highest BCUT2D eigenvalue weighted by atomic mass is 16.5. The average molecular weight is 287 g/mol. The fraction of sp³-hybridized carbons (Fsp3) is 0.375. The van der Waals surface area contributed by atoms with E-state index in [1.807, 2.05) is 32.0 Å². The highest BCUT2D eigenvalue weighted by Crippen LogP contribution is 2.30. The van der Waals surface area contributed by atoms with Gasteiger partial charge in [0.15, 0.2) is 11.5 Å². The van der Waals surface area contributed by atoms with Gasteiger partial charge in [-0.1, -0.05) is 12.1 Å². The second-order valence-electron chi connectivity index (χ2n) is 4.63. The number of aromatic nitrogens is 2. The predicted molar refractivity (Wildman–Crippen MR) is 81.5 cm³/mol. The molecule has 0 radical (unpaired) electrons. The minimum Gasteiger partial charge on any atom is -0.493 e. The molecule has 0 spiro atoms. The third-order valence-electron chi connectivity index (χ3n) is 3.02. The molecule has 0 saturated carbocycles. The summed E-state index contributed by atoms with van der Waals surface area (Å²) in [7, 11) is 1.66. The number of aryl methyl sites for hydroxylation is 1. The SMILES string of the molecule is CCOc1cccc(CNCc2cnc(C)cn2)c1OC. The van der Waals surface area contributed by atoms with E-state index in [9.17, 15) is 0 Å². The van der Waals surface area contributed by atoms with Crippen LogP contribution in [0.15, 0.2) is 30.6 Å². The molecule has 2 rings (SSSR count). The molecule has 0 saturated heterocycles. The van der Waals surface area contributed by atoms with Crippen molar-refractivity contribution in [2.45, 2.75) is 26.9 Å². The number of nitrogens with zero attached hydrogens (tertiary/aromatic N) is 2. The molecule has 0 unspecified atom stereocenters. The van der Waals surface area contributed by atoms with Crippen molar-refractivity contribution in [3.63, 3.8) is 0 Å². The molecule has 1 N–H and O–H groups in total. The lowest BCUT2D eigenvalue weighted by Crippen LogP contribution is -2.15. The van der Waals surface area contributed by atoms with Crippen molar-refractivity contribution in [2.75, 3.05) is 13.7 Å². The number of nitrogens with one attached hydrogen (secondary N) is 1. The van der Waals surface area contributed by atoms with E-state index in [1.54, 1.807) is 19.5 Å². The number of benzene rings is 1. The Labute approximate surface area is 125 Å². The van der Waals surface area contributed by atoms with Gasteiger partial charge < -0.3 is 14.8 Å². The van der Waals surface area contributed by atoms with Gasteiger partial charge in [0.2, 0.25) is 0 Å². The molecule has 112 valence electrons. The summed E-state index contributed by atoms with van der Waals surface area (Å²) in [5, 5.41) is 3.34. The normalized spacial score (nSPS) is 10.4. The summed E-state index contributed by atoms with van der Waals surface area (Å²) in [4.78, 5) is 8.55. The van der Waals surface area contributed by atoms with Crippen molar-refractivity contribution < 1.29 is 9.47 Å². The van der Waals surface area contributed by atoms with Gasteiger partial charge in [0, 0.05) is 31.0 Å². The second kappa shape index (κ2) is 7.59. The van der Waals surface area contributed by atoms with Gasteiger partial charge in [-0.25, -0.2) is 0 Å². The van der Waals surface area contributed by atoms with Gasteiger partial charge >= 0.3 is 0 Å². The molecule has 0 bridgehead atoms. The molecule has 5 heteroatoms. The number of hydrogen-bond donors (Lipinski definition) is 1. The first kappa shape index (κ1) is 15.3. The Morgan fingerprint density at radius 1 is 1.14 bits per heavy atom. The molecule has 1 aromatic heterocycles. The average Bonchev–Trinajstić information content (AvgIpc) is 2.50. The maximum absolute atomic E-state index is 5.57. The van der Waals surface area contributed by atoms with Crippen LogP contribution in [0.25, 0.3) is 0 Å². The predicted octanol–water partition coefficient (Wildman–Crippen LogP) is 2.48. The minimum atomic E-state index is 0.617. The van der Waals surface area contributed by atoms with Crippen LogP contribution >= 0.6 is 0 Å². The topological polar surface area (TPSA) is 56.3 Å². The third kappa shape index (κ3) is 4.16. The molecule has 0 aliphatic rings. The maximum atomic E-state index is 5.57. The summed E-state index contributed by atoms with van der Waals surface area (Å²) in [6, 6.07) is 5.91. The lowest BCUT2D eigenvalue weighted by atomic mass is 10.2. The molecule has 0 aliphatic heterocycles. The van der Waals surface area contributed by atoms with E-state index in [1.165, 1.54) is 0 Å². The molecule has 2 aromatic rings. The molecular weight excluding hydrogens is 266 g/mol. The van der Waals surface area contributed by atoms with Gasteiger partial charge in [0.05, 0.1) is 25.1 Å². The van der Waals surface area contributed by atoms with Gasteiger partial charge in [-0.2, -0.15) is 0 Å². The lowest BCUT2D eigenvalue weighted by molar-refractivity contribution is 0.308. The maximum Gasteiger partial charge on any atom is 0.165 e. The number of hydrogen-bond acceptors (Lipinski definition) is 5. The molecule has 1 heterocycles. The molecule has 5 nitrogen and oxygen atoms in total. The van der Waals surface area contributed by atoms with Crippen LogP contribution in [0, 0.1) is 6.92 Å². The van der Waals surface area contributed by atoms with E-state index in [-0.39, 0.29) is 0 Å². The van der Waals surface area contributed by atoms with Gasteiger partial charge in [0.1, 0.15) is 0 Å². The number of para-hydroxylation sites is 1. The quantitative estimate of drug-likeness (QED) is 0.848. The number of methoxy groups -OCH3 is 1. The zero-order valence-electron chi connectivity index (χ0n) is 12.7. The Morgan fingerprint density at radius 2 is 2.00 bits per heavy atom. The van der Waals surface area contributed by atoms with Crippen molar-refractivity contribution in [1.82, 2.24) is 15.3 Å². The first-order valence-electron chi connectivity index (χ1n) is 7.01. The monoisotopic (exact) mass is 287 g/mol. The Bertz CT molecular complexity index is 570. The summed E-state index contributed by atoms with van der Waals surface area (Å²) in [6.07, 6.45) is 3.56. The largest absolute Gasteiger partial charge is 0.493 e. The number of ether oxygens (including phenoxy) is 2. The van der Waals surface area contributed by atoms with E-state index >= 15 is 0 Å².